The molecular weight excluding hydrogens is 196 g/mol. The molecule has 1 aromatic rings. The number of aromatic hydroxyl groups is 1. The van der Waals surface area contributed by atoms with Crippen LogP contribution in [0, 0.1) is 0 Å². The average Bonchev–Trinajstić information content (AvgIpc) is 2.03. The van der Waals surface area contributed by atoms with Crippen molar-refractivity contribution in [2.75, 3.05) is 0 Å². The molecule has 0 heterocycles. The third-order valence-electron chi connectivity index (χ3n) is 1.34. The van der Waals surface area contributed by atoms with Crippen LogP contribution >= 0.6 is 0 Å². The largest absolute Gasteiger partial charge is 0.508 e. The highest BCUT2D eigenvalue weighted by atomic mass is 32.2. The van der Waals surface area contributed by atoms with E-state index in [1.165, 1.54) is 0 Å². The van der Waals surface area contributed by atoms with Gasteiger partial charge < -0.3 is 5.11 Å². The van der Waals surface area contributed by atoms with E-state index in [9.17, 15) is 13.2 Å². The summed E-state index contributed by atoms with van der Waals surface area (Å²) in [5, 5.41) is 7.44. The summed E-state index contributed by atoms with van der Waals surface area (Å²) < 4.78 is 29.1. The highest BCUT2D eigenvalue weighted by molar-refractivity contribution is 8.01. The van der Waals surface area contributed by atoms with Crippen LogP contribution in [-0.2, 0) is 10.1 Å². The molecule has 13 heavy (non-hydrogen) atoms. The van der Waals surface area contributed by atoms with Crippen LogP contribution in [0.5, 0.6) is 5.75 Å². The highest BCUT2D eigenvalue weighted by Crippen LogP contribution is 2.11. The maximum atomic E-state index is 10.9. The van der Waals surface area contributed by atoms with Crippen molar-refractivity contribution in [1.29, 1.82) is 0 Å². The van der Waals surface area contributed by atoms with Gasteiger partial charge in [-0.15, -0.1) is 0 Å². The SMILES string of the molecule is O=C(c1ccc(O)cc1)S(=O)(=O)O. The van der Waals surface area contributed by atoms with Crippen molar-refractivity contribution < 1.29 is 22.9 Å². The van der Waals surface area contributed by atoms with Crippen LogP contribution in [0.15, 0.2) is 24.3 Å². The Balaban J connectivity index is 3.12. The van der Waals surface area contributed by atoms with Gasteiger partial charge in [0.15, 0.2) is 0 Å². The first kappa shape index (κ1) is 9.69. The van der Waals surface area contributed by atoms with E-state index in [2.05, 4.69) is 0 Å². The van der Waals surface area contributed by atoms with E-state index in [0.29, 0.717) is 0 Å². The van der Waals surface area contributed by atoms with Gasteiger partial charge in [-0.2, -0.15) is 8.42 Å². The lowest BCUT2D eigenvalue weighted by atomic mass is 10.2. The molecule has 1 aromatic carbocycles. The molecule has 0 unspecified atom stereocenters. The number of carbonyl (C=O) groups is 1. The number of carbonyl (C=O) groups excluding carboxylic acids is 1. The highest BCUT2D eigenvalue weighted by Gasteiger charge is 2.20. The molecule has 0 atom stereocenters. The predicted molar refractivity (Wildman–Crippen MR) is 44.0 cm³/mol. The Hall–Kier alpha value is -1.40. The summed E-state index contributed by atoms with van der Waals surface area (Å²) >= 11 is 0. The number of rotatable bonds is 1. The number of hydrogen-bond donors (Lipinski definition) is 2. The Morgan fingerprint density at radius 3 is 2.00 bits per heavy atom. The first-order valence-electron chi connectivity index (χ1n) is 3.22. The molecule has 0 saturated carbocycles. The monoisotopic (exact) mass is 202 g/mol. The minimum absolute atomic E-state index is 0.0908. The van der Waals surface area contributed by atoms with Crippen molar-refractivity contribution >= 4 is 15.2 Å². The second-order valence-electron chi connectivity index (χ2n) is 2.31. The molecule has 0 saturated heterocycles. The molecule has 5 nitrogen and oxygen atoms in total. The predicted octanol–water partition coefficient (Wildman–Crippen LogP) is 0.420. The fourth-order valence-electron chi connectivity index (χ4n) is 0.746. The summed E-state index contributed by atoms with van der Waals surface area (Å²) in [6.07, 6.45) is 0. The van der Waals surface area contributed by atoms with E-state index in [0.717, 1.165) is 24.3 Å². The molecule has 0 amide bonds. The van der Waals surface area contributed by atoms with E-state index in [4.69, 9.17) is 9.66 Å². The zero-order valence-electron chi connectivity index (χ0n) is 6.34. The summed E-state index contributed by atoms with van der Waals surface area (Å²) in [5.41, 5.74) is -0.194. The van der Waals surface area contributed by atoms with Crippen LogP contribution in [0.2, 0.25) is 0 Å². The summed E-state index contributed by atoms with van der Waals surface area (Å²) in [5.74, 6) is -0.0908. The van der Waals surface area contributed by atoms with E-state index in [1.807, 2.05) is 0 Å². The zero-order chi connectivity index (χ0) is 10.1. The van der Waals surface area contributed by atoms with Gasteiger partial charge in [0.05, 0.1) is 0 Å². The van der Waals surface area contributed by atoms with Crippen LogP contribution in [0.4, 0.5) is 0 Å². The lowest BCUT2D eigenvalue weighted by Crippen LogP contribution is -2.12. The summed E-state index contributed by atoms with van der Waals surface area (Å²) in [6.45, 7) is 0. The smallest absolute Gasteiger partial charge is 0.333 e. The van der Waals surface area contributed by atoms with E-state index in [-0.39, 0.29) is 11.3 Å². The van der Waals surface area contributed by atoms with Gasteiger partial charge in [0.2, 0.25) is 0 Å². The van der Waals surface area contributed by atoms with Crippen molar-refractivity contribution in [3.8, 4) is 5.75 Å². The molecule has 0 aliphatic carbocycles. The van der Waals surface area contributed by atoms with Crippen molar-refractivity contribution in [3.63, 3.8) is 0 Å². The molecule has 0 aromatic heterocycles. The molecule has 1 rings (SSSR count). The summed E-state index contributed by atoms with van der Waals surface area (Å²) in [7, 11) is -4.69. The van der Waals surface area contributed by atoms with Gasteiger partial charge in [-0.3, -0.25) is 9.35 Å². The van der Waals surface area contributed by atoms with Crippen LogP contribution < -0.4 is 0 Å². The Morgan fingerprint density at radius 1 is 1.15 bits per heavy atom. The normalized spacial score (nSPS) is 11.2. The van der Waals surface area contributed by atoms with Crippen molar-refractivity contribution in [2.24, 2.45) is 0 Å². The molecule has 6 heteroatoms. The van der Waals surface area contributed by atoms with Gasteiger partial charge in [-0.1, -0.05) is 0 Å². The van der Waals surface area contributed by atoms with Gasteiger partial charge in [0.1, 0.15) is 5.75 Å². The molecular formula is C7H6O5S. The molecule has 0 spiro atoms. The number of phenols is 1. The molecule has 2 N–H and O–H groups in total. The van der Waals surface area contributed by atoms with E-state index in [1.54, 1.807) is 0 Å². The average molecular weight is 202 g/mol. The minimum Gasteiger partial charge on any atom is -0.508 e. The fourth-order valence-corrected chi connectivity index (χ4v) is 1.18. The first-order chi connectivity index (χ1) is 5.91. The van der Waals surface area contributed by atoms with Gasteiger partial charge in [0, 0.05) is 5.56 Å². The van der Waals surface area contributed by atoms with Crippen LogP contribution in [-0.4, -0.2) is 23.2 Å². The lowest BCUT2D eigenvalue weighted by molar-refractivity contribution is 0.106. The van der Waals surface area contributed by atoms with E-state index < -0.39 is 15.2 Å². The topological polar surface area (TPSA) is 91.7 Å². The third kappa shape index (κ3) is 2.27. The fraction of sp³-hybridized carbons (Fsp3) is 0. The molecule has 0 radical (unpaired) electrons. The molecule has 0 aliphatic rings. The van der Waals surface area contributed by atoms with Crippen molar-refractivity contribution in [3.05, 3.63) is 29.8 Å². The van der Waals surface area contributed by atoms with Gasteiger partial charge in [0.25, 0.3) is 0 Å². The standard InChI is InChI=1S/C7H6O5S/c8-6-3-1-5(2-4-6)7(9)13(10,11)12/h1-4,8H,(H,10,11,12). The maximum Gasteiger partial charge on any atom is 0.333 e. The summed E-state index contributed by atoms with van der Waals surface area (Å²) in [6, 6.07) is 4.51. The van der Waals surface area contributed by atoms with Gasteiger partial charge in [-0.25, -0.2) is 0 Å². The van der Waals surface area contributed by atoms with Crippen molar-refractivity contribution in [1.82, 2.24) is 0 Å². The number of hydrogen-bond acceptors (Lipinski definition) is 4. The molecule has 70 valence electrons. The molecule has 0 bridgehead atoms. The lowest BCUT2D eigenvalue weighted by Gasteiger charge is -1.96. The van der Waals surface area contributed by atoms with Gasteiger partial charge >= 0.3 is 15.2 Å². The Bertz CT molecular complexity index is 417. The van der Waals surface area contributed by atoms with E-state index >= 15 is 0 Å². The van der Waals surface area contributed by atoms with Crippen LogP contribution in [0.25, 0.3) is 0 Å². The maximum absolute atomic E-state index is 10.9. The third-order valence-corrected chi connectivity index (χ3v) is 2.04. The molecule has 0 fully saturated rings. The number of phenolic OH excluding ortho intramolecular Hbond substituents is 1. The second kappa shape index (κ2) is 3.15. The number of benzene rings is 1. The van der Waals surface area contributed by atoms with Crippen LogP contribution in [0.1, 0.15) is 10.4 Å². The van der Waals surface area contributed by atoms with Crippen molar-refractivity contribution in [2.45, 2.75) is 0 Å². The Morgan fingerprint density at radius 2 is 1.62 bits per heavy atom. The second-order valence-corrected chi connectivity index (χ2v) is 3.63. The Kier molecular flexibility index (Phi) is 2.35. The Labute approximate surface area is 74.4 Å². The van der Waals surface area contributed by atoms with Gasteiger partial charge in [-0.05, 0) is 24.3 Å². The first-order valence-corrected chi connectivity index (χ1v) is 4.66. The zero-order valence-corrected chi connectivity index (χ0v) is 7.15. The molecule has 0 aliphatic heterocycles. The quantitative estimate of drug-likeness (QED) is 0.644. The minimum atomic E-state index is -4.69. The summed E-state index contributed by atoms with van der Waals surface area (Å²) in [4.78, 5) is 10.9. The van der Waals surface area contributed by atoms with Crippen LogP contribution in [0.3, 0.4) is 0 Å².